The van der Waals surface area contributed by atoms with Crippen LogP contribution in [0, 0.1) is 0 Å². The van der Waals surface area contributed by atoms with E-state index in [2.05, 4.69) is 20.8 Å². The van der Waals surface area contributed by atoms with Crippen molar-refractivity contribution in [2.75, 3.05) is 10.6 Å². The lowest BCUT2D eigenvalue weighted by Gasteiger charge is -2.06. The maximum Gasteiger partial charge on any atom is 0.276 e. The number of hydrogen-bond acceptors (Lipinski definition) is 4. The zero-order chi connectivity index (χ0) is 18.6. The lowest BCUT2D eigenvalue weighted by molar-refractivity contribution is -0.115. The number of fused-ring (bicyclic) bond motifs is 1. The summed E-state index contributed by atoms with van der Waals surface area (Å²) in [6.07, 6.45) is 0.322. The van der Waals surface area contributed by atoms with E-state index < -0.39 is 0 Å². The molecule has 0 fully saturated rings. The number of carbonyl (C=O) groups is 2. The van der Waals surface area contributed by atoms with Gasteiger partial charge in [-0.1, -0.05) is 24.3 Å². The number of para-hydroxylation sites is 1. The third-order valence-corrected chi connectivity index (χ3v) is 4.88. The minimum atomic E-state index is -0.311. The summed E-state index contributed by atoms with van der Waals surface area (Å²) in [5.74, 6) is -0.412. The summed E-state index contributed by atoms with van der Waals surface area (Å²) >= 11 is 1.54. The van der Waals surface area contributed by atoms with Gasteiger partial charge in [0.2, 0.25) is 5.91 Å². The van der Waals surface area contributed by atoms with Gasteiger partial charge in [0, 0.05) is 21.6 Å². The van der Waals surface area contributed by atoms with Gasteiger partial charge in [0.25, 0.3) is 5.91 Å². The molecule has 0 aliphatic rings. The first-order valence-corrected chi connectivity index (χ1v) is 9.24. The smallest absolute Gasteiger partial charge is 0.276 e. The van der Waals surface area contributed by atoms with Gasteiger partial charge in [-0.25, -0.2) is 0 Å². The van der Waals surface area contributed by atoms with Gasteiger partial charge in [0.1, 0.15) is 0 Å². The molecule has 3 N–H and O–H groups in total. The molecule has 27 heavy (non-hydrogen) atoms. The minimum Gasteiger partial charge on any atom is -0.326 e. The van der Waals surface area contributed by atoms with Gasteiger partial charge in [-0.05, 0) is 41.8 Å². The Balaban J connectivity index is 1.54. The fraction of sp³-hybridized carbons (Fsp3) is 0.0500. The van der Waals surface area contributed by atoms with E-state index in [0.29, 0.717) is 23.2 Å². The molecule has 2 amide bonds. The van der Waals surface area contributed by atoms with Crippen molar-refractivity contribution in [2.45, 2.75) is 6.42 Å². The van der Waals surface area contributed by atoms with Crippen molar-refractivity contribution in [3.05, 3.63) is 76.6 Å². The summed E-state index contributed by atoms with van der Waals surface area (Å²) in [7, 11) is 0. The molecule has 6 nitrogen and oxygen atoms in total. The van der Waals surface area contributed by atoms with E-state index >= 15 is 0 Å². The summed E-state index contributed by atoms with van der Waals surface area (Å²) in [5.41, 5.74) is 2.32. The molecule has 0 unspecified atom stereocenters. The monoisotopic (exact) mass is 376 g/mol. The van der Waals surface area contributed by atoms with E-state index in [-0.39, 0.29) is 17.5 Å². The second-order valence-electron chi connectivity index (χ2n) is 5.96. The molecule has 2 aromatic heterocycles. The molecule has 0 bridgehead atoms. The van der Waals surface area contributed by atoms with Crippen molar-refractivity contribution in [3.8, 4) is 0 Å². The normalized spacial score (nSPS) is 10.7. The average Bonchev–Trinajstić information content (AvgIpc) is 3.31. The molecule has 0 aliphatic carbocycles. The Kier molecular flexibility index (Phi) is 4.67. The van der Waals surface area contributed by atoms with Crippen molar-refractivity contribution >= 4 is 45.4 Å². The zero-order valence-electron chi connectivity index (χ0n) is 14.2. The number of carbonyl (C=O) groups excluding carboxylic acids is 2. The van der Waals surface area contributed by atoms with Crippen LogP contribution in [0.5, 0.6) is 0 Å². The Morgan fingerprint density at radius 2 is 1.81 bits per heavy atom. The molecule has 0 spiro atoms. The maximum atomic E-state index is 12.6. The largest absolute Gasteiger partial charge is 0.326 e. The van der Waals surface area contributed by atoms with E-state index in [1.54, 1.807) is 29.5 Å². The zero-order valence-corrected chi connectivity index (χ0v) is 15.0. The highest BCUT2D eigenvalue weighted by Crippen LogP contribution is 2.22. The number of aromatic amines is 1. The Hall–Kier alpha value is -3.45. The van der Waals surface area contributed by atoms with Gasteiger partial charge in [0.15, 0.2) is 5.69 Å². The summed E-state index contributed by atoms with van der Waals surface area (Å²) in [6.45, 7) is 0. The fourth-order valence-corrected chi connectivity index (χ4v) is 3.46. The number of aromatic nitrogens is 2. The number of nitrogens with one attached hydrogen (secondary N) is 3. The van der Waals surface area contributed by atoms with E-state index in [4.69, 9.17) is 0 Å². The highest BCUT2D eigenvalue weighted by Gasteiger charge is 2.15. The third kappa shape index (κ3) is 3.88. The van der Waals surface area contributed by atoms with Crippen molar-refractivity contribution in [2.24, 2.45) is 0 Å². The predicted molar refractivity (Wildman–Crippen MR) is 107 cm³/mol. The molecule has 2 heterocycles. The van der Waals surface area contributed by atoms with Crippen LogP contribution in [0.1, 0.15) is 15.4 Å². The van der Waals surface area contributed by atoms with E-state index in [1.807, 2.05) is 47.8 Å². The van der Waals surface area contributed by atoms with Crippen LogP contribution in [0.4, 0.5) is 11.4 Å². The number of rotatable bonds is 5. The van der Waals surface area contributed by atoms with Crippen LogP contribution in [0.3, 0.4) is 0 Å². The van der Waals surface area contributed by atoms with Crippen molar-refractivity contribution in [3.63, 3.8) is 0 Å². The van der Waals surface area contributed by atoms with Crippen LogP contribution in [-0.4, -0.2) is 22.0 Å². The topological polar surface area (TPSA) is 86.9 Å². The van der Waals surface area contributed by atoms with Crippen LogP contribution in [-0.2, 0) is 11.2 Å². The Bertz CT molecular complexity index is 1090. The van der Waals surface area contributed by atoms with Crippen molar-refractivity contribution < 1.29 is 9.59 Å². The quantitative estimate of drug-likeness (QED) is 0.491. The molecule has 4 aromatic rings. The molecule has 0 saturated carbocycles. The van der Waals surface area contributed by atoms with Crippen LogP contribution >= 0.6 is 11.3 Å². The van der Waals surface area contributed by atoms with Gasteiger partial charge < -0.3 is 10.6 Å². The standard InChI is InChI=1S/C20H16N4O2S/c25-18(12-15-7-4-10-27-15)21-14-8-9-17-16(11-14)19(24-23-17)20(26)22-13-5-2-1-3-6-13/h1-11H,12H2,(H,21,25)(H,22,26)(H,23,24). The third-order valence-electron chi connectivity index (χ3n) is 4.01. The van der Waals surface area contributed by atoms with Crippen LogP contribution in [0.25, 0.3) is 10.9 Å². The first kappa shape index (κ1) is 17.0. The van der Waals surface area contributed by atoms with Gasteiger partial charge >= 0.3 is 0 Å². The molecule has 7 heteroatoms. The lowest BCUT2D eigenvalue weighted by Crippen LogP contribution is -2.14. The molecular formula is C20H16N4O2S. The number of thiophene rings is 1. The molecular weight excluding hydrogens is 360 g/mol. The molecule has 0 radical (unpaired) electrons. The first-order chi connectivity index (χ1) is 13.2. The van der Waals surface area contributed by atoms with Gasteiger partial charge in [-0.15, -0.1) is 11.3 Å². The van der Waals surface area contributed by atoms with Gasteiger partial charge in [0.05, 0.1) is 11.9 Å². The van der Waals surface area contributed by atoms with E-state index in [9.17, 15) is 9.59 Å². The average molecular weight is 376 g/mol. The Morgan fingerprint density at radius 3 is 2.59 bits per heavy atom. The highest BCUT2D eigenvalue weighted by molar-refractivity contribution is 7.10. The van der Waals surface area contributed by atoms with Crippen LogP contribution in [0.15, 0.2) is 66.0 Å². The highest BCUT2D eigenvalue weighted by atomic mass is 32.1. The van der Waals surface area contributed by atoms with Crippen molar-refractivity contribution in [1.82, 2.24) is 10.2 Å². The maximum absolute atomic E-state index is 12.6. The first-order valence-electron chi connectivity index (χ1n) is 8.36. The number of amides is 2. The Labute approximate surface area is 159 Å². The van der Waals surface area contributed by atoms with E-state index in [1.165, 1.54) is 0 Å². The molecule has 2 aromatic carbocycles. The predicted octanol–water partition coefficient (Wildman–Crippen LogP) is 4.06. The number of H-pyrrole nitrogens is 1. The number of benzene rings is 2. The number of nitrogens with zero attached hydrogens (tertiary/aromatic N) is 1. The summed E-state index contributed by atoms with van der Waals surface area (Å²) in [4.78, 5) is 25.8. The molecule has 134 valence electrons. The summed E-state index contributed by atoms with van der Waals surface area (Å²) < 4.78 is 0. The second kappa shape index (κ2) is 7.43. The Morgan fingerprint density at radius 1 is 0.963 bits per heavy atom. The second-order valence-corrected chi connectivity index (χ2v) is 6.99. The van der Waals surface area contributed by atoms with E-state index in [0.717, 1.165) is 10.4 Å². The molecule has 0 atom stereocenters. The SMILES string of the molecule is O=C(Cc1cccs1)Nc1ccc2[nH]nc(C(=O)Nc3ccccc3)c2c1. The summed E-state index contributed by atoms with van der Waals surface area (Å²) in [5, 5.41) is 15.3. The van der Waals surface area contributed by atoms with Crippen LogP contribution in [0.2, 0.25) is 0 Å². The number of hydrogen-bond donors (Lipinski definition) is 3. The molecule has 0 saturated heterocycles. The minimum absolute atomic E-state index is 0.101. The van der Waals surface area contributed by atoms with Gasteiger partial charge in [-0.3, -0.25) is 14.7 Å². The lowest BCUT2D eigenvalue weighted by atomic mass is 10.1. The summed E-state index contributed by atoms with van der Waals surface area (Å²) in [6, 6.07) is 18.4. The molecule has 0 aliphatic heterocycles. The fourth-order valence-electron chi connectivity index (χ4n) is 2.75. The number of anilines is 2. The molecule has 4 rings (SSSR count). The van der Waals surface area contributed by atoms with Crippen molar-refractivity contribution in [1.29, 1.82) is 0 Å². The van der Waals surface area contributed by atoms with Crippen LogP contribution < -0.4 is 10.6 Å². The van der Waals surface area contributed by atoms with Gasteiger partial charge in [-0.2, -0.15) is 5.10 Å².